The summed E-state index contributed by atoms with van der Waals surface area (Å²) in [5, 5.41) is 8.68. The average molecular weight is 396 g/mol. The summed E-state index contributed by atoms with van der Waals surface area (Å²) in [5.41, 5.74) is -0.563. The number of amides is 2. The lowest BCUT2D eigenvalue weighted by Crippen LogP contribution is -2.33. The van der Waals surface area contributed by atoms with Gasteiger partial charge in [0, 0.05) is 25.4 Å². The predicted octanol–water partition coefficient (Wildman–Crippen LogP) is 2.97. The fraction of sp³-hybridized carbons (Fsp3) is 0.235. The zero-order valence-electron chi connectivity index (χ0n) is 14.1. The Bertz CT molecular complexity index is 979. The smallest absolute Gasteiger partial charge is 0.355 e. The molecule has 2 amide bonds. The Kier molecular flexibility index (Phi) is 5.17. The van der Waals surface area contributed by atoms with Crippen molar-refractivity contribution in [1.29, 1.82) is 0 Å². The zero-order valence-corrected chi connectivity index (χ0v) is 14.9. The second kappa shape index (κ2) is 7.39. The van der Waals surface area contributed by atoms with Crippen molar-refractivity contribution in [3.05, 3.63) is 47.0 Å². The van der Waals surface area contributed by atoms with Gasteiger partial charge in [-0.05, 0) is 18.2 Å². The van der Waals surface area contributed by atoms with Gasteiger partial charge in [-0.3, -0.25) is 9.59 Å². The van der Waals surface area contributed by atoms with Crippen LogP contribution in [0.3, 0.4) is 0 Å². The van der Waals surface area contributed by atoms with Crippen molar-refractivity contribution in [1.82, 2.24) is 20.4 Å². The molecule has 0 fully saturated rings. The van der Waals surface area contributed by atoms with Crippen molar-refractivity contribution in [3.8, 4) is 5.69 Å². The van der Waals surface area contributed by atoms with E-state index in [-0.39, 0.29) is 34.1 Å². The summed E-state index contributed by atoms with van der Waals surface area (Å²) in [6.07, 6.45) is -4.64. The van der Waals surface area contributed by atoms with E-state index in [2.05, 4.69) is 15.7 Å². The minimum atomic E-state index is -4.64. The van der Waals surface area contributed by atoms with Crippen LogP contribution in [0.5, 0.6) is 0 Å². The molecule has 0 bridgehead atoms. The number of benzene rings is 1. The predicted molar refractivity (Wildman–Crippen MR) is 95.0 cm³/mol. The molecule has 2 aromatic heterocycles. The van der Waals surface area contributed by atoms with Crippen molar-refractivity contribution in [2.45, 2.75) is 13.1 Å². The summed E-state index contributed by atoms with van der Waals surface area (Å²) in [6, 6.07) is 9.61. The number of carbonyl (C=O) groups is 2. The van der Waals surface area contributed by atoms with E-state index in [0.717, 1.165) is 11.3 Å². The van der Waals surface area contributed by atoms with Gasteiger partial charge in [0.2, 0.25) is 5.91 Å². The Morgan fingerprint density at radius 2 is 1.81 bits per heavy atom. The topological polar surface area (TPSA) is 76.0 Å². The first-order chi connectivity index (χ1) is 12.8. The first-order valence-electron chi connectivity index (χ1n) is 7.95. The van der Waals surface area contributed by atoms with Gasteiger partial charge in [-0.25, -0.2) is 4.68 Å². The molecule has 0 radical (unpaired) electrons. The Balaban J connectivity index is 1.94. The number of rotatable bonds is 5. The van der Waals surface area contributed by atoms with Gasteiger partial charge in [0.1, 0.15) is 4.83 Å². The molecule has 0 spiro atoms. The van der Waals surface area contributed by atoms with Crippen molar-refractivity contribution in [2.24, 2.45) is 0 Å². The van der Waals surface area contributed by atoms with Crippen molar-refractivity contribution in [2.75, 3.05) is 13.1 Å². The normalized spacial score (nSPS) is 11.6. The van der Waals surface area contributed by atoms with E-state index < -0.39 is 17.8 Å². The second-order valence-electron chi connectivity index (χ2n) is 5.66. The van der Waals surface area contributed by atoms with E-state index in [4.69, 9.17) is 0 Å². The summed E-state index contributed by atoms with van der Waals surface area (Å²) in [4.78, 5) is 23.4. The molecule has 0 aliphatic carbocycles. The number of para-hydroxylation sites is 1. The highest BCUT2D eigenvalue weighted by molar-refractivity contribution is 7.20. The van der Waals surface area contributed by atoms with E-state index in [1.807, 2.05) is 0 Å². The number of fused-ring (bicyclic) bond motifs is 1. The number of aromatic nitrogens is 2. The Hall–Kier alpha value is -2.88. The van der Waals surface area contributed by atoms with Crippen LogP contribution in [0.15, 0.2) is 36.4 Å². The summed E-state index contributed by atoms with van der Waals surface area (Å²) in [6.45, 7) is 1.75. The minimum Gasteiger partial charge on any atom is -0.355 e. The van der Waals surface area contributed by atoms with Crippen LogP contribution >= 0.6 is 11.3 Å². The molecule has 0 saturated heterocycles. The van der Waals surface area contributed by atoms with Crippen LogP contribution < -0.4 is 10.6 Å². The third-order valence-electron chi connectivity index (χ3n) is 3.64. The quantitative estimate of drug-likeness (QED) is 0.651. The van der Waals surface area contributed by atoms with Crippen LogP contribution in [0.4, 0.5) is 13.2 Å². The maximum Gasteiger partial charge on any atom is 0.435 e. The molecule has 1 aromatic carbocycles. The van der Waals surface area contributed by atoms with Gasteiger partial charge >= 0.3 is 6.18 Å². The number of hydrogen-bond donors (Lipinski definition) is 2. The van der Waals surface area contributed by atoms with Gasteiger partial charge < -0.3 is 10.6 Å². The molecule has 0 aliphatic heterocycles. The lowest BCUT2D eigenvalue weighted by Gasteiger charge is -2.05. The van der Waals surface area contributed by atoms with Crippen LogP contribution in [0.2, 0.25) is 0 Å². The molecular formula is C17H15F3N4O2S. The van der Waals surface area contributed by atoms with Crippen LogP contribution in [-0.4, -0.2) is 34.7 Å². The molecule has 142 valence electrons. The Morgan fingerprint density at radius 3 is 2.44 bits per heavy atom. The molecule has 3 rings (SSSR count). The number of alkyl halides is 3. The molecule has 6 nitrogen and oxygen atoms in total. The van der Waals surface area contributed by atoms with Gasteiger partial charge in [0.25, 0.3) is 5.91 Å². The van der Waals surface area contributed by atoms with Gasteiger partial charge in [0.05, 0.1) is 10.6 Å². The largest absolute Gasteiger partial charge is 0.435 e. The van der Waals surface area contributed by atoms with Crippen LogP contribution in [-0.2, 0) is 11.0 Å². The molecule has 0 aliphatic rings. The highest BCUT2D eigenvalue weighted by Gasteiger charge is 2.38. The fourth-order valence-electron chi connectivity index (χ4n) is 2.47. The van der Waals surface area contributed by atoms with Gasteiger partial charge in [-0.15, -0.1) is 11.3 Å². The van der Waals surface area contributed by atoms with Crippen LogP contribution in [0, 0.1) is 0 Å². The number of thiophene rings is 1. The molecule has 3 aromatic rings. The molecule has 0 saturated carbocycles. The van der Waals surface area contributed by atoms with Crippen LogP contribution in [0.1, 0.15) is 22.3 Å². The van der Waals surface area contributed by atoms with Gasteiger partial charge in [-0.2, -0.15) is 18.3 Å². The average Bonchev–Trinajstić information content (AvgIpc) is 3.17. The Labute approximate surface area is 156 Å². The molecule has 0 atom stereocenters. The van der Waals surface area contributed by atoms with E-state index in [9.17, 15) is 22.8 Å². The van der Waals surface area contributed by atoms with E-state index in [0.29, 0.717) is 5.69 Å². The Morgan fingerprint density at radius 1 is 1.15 bits per heavy atom. The molecule has 2 N–H and O–H groups in total. The first kappa shape index (κ1) is 18.9. The monoisotopic (exact) mass is 396 g/mol. The minimum absolute atomic E-state index is 0.122. The number of nitrogens with zero attached hydrogens (tertiary/aromatic N) is 2. The third-order valence-corrected chi connectivity index (χ3v) is 4.75. The molecule has 0 unspecified atom stereocenters. The van der Waals surface area contributed by atoms with Crippen molar-refractivity contribution >= 4 is 33.4 Å². The molecule has 2 heterocycles. The maximum atomic E-state index is 13.4. The van der Waals surface area contributed by atoms with Gasteiger partial charge in [-0.1, -0.05) is 18.2 Å². The van der Waals surface area contributed by atoms with E-state index >= 15 is 0 Å². The standard InChI is InChI=1S/C17H15F3N4O2S/c1-10(25)21-7-8-22-15(26)13-9-12-14(17(18,19)20)23-24(16(12)27-13)11-5-3-2-4-6-11/h2-6,9H,7-8H2,1H3,(H,21,25)(H,22,26). The highest BCUT2D eigenvalue weighted by atomic mass is 32.1. The zero-order chi connectivity index (χ0) is 19.6. The summed E-state index contributed by atoms with van der Waals surface area (Å²) in [7, 11) is 0. The highest BCUT2D eigenvalue weighted by Crippen LogP contribution is 2.38. The second-order valence-corrected chi connectivity index (χ2v) is 6.69. The van der Waals surface area contributed by atoms with E-state index in [1.54, 1.807) is 30.3 Å². The van der Waals surface area contributed by atoms with E-state index in [1.165, 1.54) is 17.7 Å². The molecule has 27 heavy (non-hydrogen) atoms. The maximum absolute atomic E-state index is 13.4. The lowest BCUT2D eigenvalue weighted by atomic mass is 10.2. The summed E-state index contributed by atoms with van der Waals surface area (Å²) in [5.74, 6) is -0.738. The molecular weight excluding hydrogens is 381 g/mol. The first-order valence-corrected chi connectivity index (χ1v) is 8.77. The SMILES string of the molecule is CC(=O)NCCNC(=O)c1cc2c(C(F)(F)F)nn(-c3ccccc3)c2s1. The third kappa shape index (κ3) is 4.11. The van der Waals surface area contributed by atoms with Gasteiger partial charge in [0.15, 0.2) is 5.69 Å². The number of halogens is 3. The fourth-order valence-corrected chi connectivity index (χ4v) is 3.52. The van der Waals surface area contributed by atoms with Crippen molar-refractivity contribution < 1.29 is 22.8 Å². The summed E-state index contributed by atoms with van der Waals surface area (Å²) >= 11 is 0.929. The number of nitrogens with one attached hydrogen (secondary N) is 2. The van der Waals surface area contributed by atoms with Crippen molar-refractivity contribution in [3.63, 3.8) is 0 Å². The number of hydrogen-bond acceptors (Lipinski definition) is 4. The summed E-state index contributed by atoms with van der Waals surface area (Å²) < 4.78 is 41.3. The number of carbonyl (C=O) groups excluding carboxylic acids is 2. The molecule has 10 heteroatoms. The lowest BCUT2D eigenvalue weighted by molar-refractivity contribution is -0.140. The van der Waals surface area contributed by atoms with Crippen LogP contribution in [0.25, 0.3) is 15.9 Å².